The van der Waals surface area contributed by atoms with E-state index >= 15 is 0 Å². The van der Waals surface area contributed by atoms with Crippen LogP contribution in [0.15, 0.2) is 42.6 Å². The minimum absolute atomic E-state index is 0.0898. The van der Waals surface area contributed by atoms with Crippen molar-refractivity contribution < 1.29 is 4.79 Å². The van der Waals surface area contributed by atoms with Gasteiger partial charge in [0.05, 0.1) is 6.04 Å². The Balaban J connectivity index is 1.95. The zero-order chi connectivity index (χ0) is 15.5. The highest BCUT2D eigenvalue weighted by molar-refractivity contribution is 6.30. The average molecular weight is 338 g/mol. The number of fused-ring (bicyclic) bond motifs is 1. The number of aromatic nitrogens is 1. The molecule has 0 radical (unpaired) electrons. The van der Waals surface area contributed by atoms with Crippen LogP contribution in [0.2, 0.25) is 5.02 Å². The van der Waals surface area contributed by atoms with Crippen LogP contribution in [-0.2, 0) is 6.54 Å². The summed E-state index contributed by atoms with van der Waals surface area (Å²) in [4.78, 5) is 14.3. The Kier molecular flexibility index (Phi) is 4.60. The molecule has 22 heavy (non-hydrogen) atoms. The van der Waals surface area contributed by atoms with Gasteiger partial charge in [-0.2, -0.15) is 0 Å². The number of hydrogen-bond acceptors (Lipinski definition) is 1. The lowest BCUT2D eigenvalue weighted by molar-refractivity contribution is 0.169. The summed E-state index contributed by atoms with van der Waals surface area (Å²) in [6.45, 7) is 1.91. The largest absolute Gasteiger partial charge is 0.348 e. The van der Waals surface area contributed by atoms with Crippen molar-refractivity contribution in [1.29, 1.82) is 0 Å². The number of amides is 2. The van der Waals surface area contributed by atoms with Gasteiger partial charge >= 0.3 is 6.03 Å². The molecule has 4 nitrogen and oxygen atoms in total. The van der Waals surface area contributed by atoms with E-state index in [4.69, 9.17) is 23.2 Å². The zero-order valence-electron chi connectivity index (χ0n) is 12.0. The Morgan fingerprint density at radius 3 is 2.73 bits per heavy atom. The summed E-state index contributed by atoms with van der Waals surface area (Å²) < 4.78 is 2.19. The van der Waals surface area contributed by atoms with Crippen molar-refractivity contribution in [2.24, 2.45) is 0 Å². The molecule has 0 spiro atoms. The molecule has 0 bridgehead atoms. The first kappa shape index (κ1) is 15.3. The van der Waals surface area contributed by atoms with Crippen molar-refractivity contribution in [3.63, 3.8) is 0 Å². The molecule has 0 aliphatic carbocycles. The van der Waals surface area contributed by atoms with Crippen molar-refractivity contribution in [3.05, 3.63) is 58.9 Å². The molecule has 2 heterocycles. The zero-order valence-corrected chi connectivity index (χ0v) is 13.5. The Morgan fingerprint density at radius 2 is 2.00 bits per heavy atom. The molecule has 0 unspecified atom stereocenters. The third-order valence-electron chi connectivity index (χ3n) is 3.86. The number of urea groups is 1. The number of carbonyl (C=O) groups is 1. The van der Waals surface area contributed by atoms with Crippen LogP contribution < -0.4 is 5.32 Å². The highest BCUT2D eigenvalue weighted by atomic mass is 35.5. The molecule has 2 aromatic rings. The maximum absolute atomic E-state index is 12.5. The molecule has 0 fully saturated rings. The topological polar surface area (TPSA) is 37.3 Å². The van der Waals surface area contributed by atoms with Gasteiger partial charge in [0, 0.05) is 42.4 Å². The van der Waals surface area contributed by atoms with Gasteiger partial charge in [-0.15, -0.1) is 11.6 Å². The quantitative estimate of drug-likeness (QED) is 0.855. The van der Waals surface area contributed by atoms with Gasteiger partial charge in [0.15, 0.2) is 0 Å². The Bertz CT molecular complexity index is 654. The molecular weight excluding hydrogens is 321 g/mol. The lowest BCUT2D eigenvalue weighted by Gasteiger charge is -2.37. The molecular formula is C16H17Cl2N3O. The first-order valence-electron chi connectivity index (χ1n) is 7.21. The molecule has 6 heteroatoms. The first-order chi connectivity index (χ1) is 10.7. The second-order valence-electron chi connectivity index (χ2n) is 5.19. The maximum Gasteiger partial charge on any atom is 0.318 e. The van der Waals surface area contributed by atoms with Gasteiger partial charge in [0.1, 0.15) is 0 Å². The van der Waals surface area contributed by atoms with E-state index in [1.54, 1.807) is 0 Å². The molecule has 1 aliphatic heterocycles. The SMILES string of the molecule is O=C(NCCCl)N1CCn2cccc2[C@@H]1c1ccc(Cl)cc1. The number of nitrogens with zero attached hydrogens (tertiary/aromatic N) is 2. The normalized spacial score (nSPS) is 17.2. The van der Waals surface area contributed by atoms with E-state index in [1.807, 2.05) is 41.4 Å². The Hall–Kier alpha value is -1.65. The molecule has 1 atom stereocenters. The molecule has 1 aliphatic rings. The fourth-order valence-electron chi connectivity index (χ4n) is 2.85. The molecule has 0 saturated heterocycles. The standard InChI is InChI=1S/C16H17Cl2N3O/c17-7-8-19-16(22)21-11-10-20-9-1-2-14(20)15(21)12-3-5-13(18)6-4-12/h1-6,9,15H,7-8,10-11H2,(H,19,22)/t15-/m0/s1. The van der Waals surface area contributed by atoms with Gasteiger partial charge in [-0.1, -0.05) is 23.7 Å². The monoisotopic (exact) mass is 337 g/mol. The van der Waals surface area contributed by atoms with Crippen LogP contribution in [0.25, 0.3) is 0 Å². The second kappa shape index (κ2) is 6.63. The summed E-state index contributed by atoms with van der Waals surface area (Å²) in [7, 11) is 0. The van der Waals surface area contributed by atoms with Crippen molar-refractivity contribution in [2.45, 2.75) is 12.6 Å². The first-order valence-corrected chi connectivity index (χ1v) is 8.13. The molecule has 1 aromatic carbocycles. The third-order valence-corrected chi connectivity index (χ3v) is 4.30. The van der Waals surface area contributed by atoms with Crippen molar-refractivity contribution in [2.75, 3.05) is 19.0 Å². The number of rotatable bonds is 3. The molecule has 2 amide bonds. The van der Waals surface area contributed by atoms with Crippen LogP contribution in [0.4, 0.5) is 4.79 Å². The van der Waals surface area contributed by atoms with Crippen LogP contribution in [0.5, 0.6) is 0 Å². The highest BCUT2D eigenvalue weighted by Crippen LogP contribution is 2.32. The molecule has 1 N–H and O–H groups in total. The summed E-state index contributed by atoms with van der Waals surface area (Å²) in [5.74, 6) is 0.404. The predicted octanol–water partition coefficient (Wildman–Crippen LogP) is 3.49. The summed E-state index contributed by atoms with van der Waals surface area (Å²) in [5.41, 5.74) is 2.15. The smallest absolute Gasteiger partial charge is 0.318 e. The van der Waals surface area contributed by atoms with E-state index in [0.717, 1.165) is 17.8 Å². The van der Waals surface area contributed by atoms with Gasteiger partial charge in [-0.3, -0.25) is 0 Å². The minimum Gasteiger partial charge on any atom is -0.348 e. The van der Waals surface area contributed by atoms with Crippen LogP contribution in [0, 0.1) is 0 Å². The number of carbonyl (C=O) groups excluding carboxylic acids is 1. The third kappa shape index (κ3) is 2.94. The number of benzene rings is 1. The van der Waals surface area contributed by atoms with E-state index in [2.05, 4.69) is 16.0 Å². The molecule has 116 valence electrons. The van der Waals surface area contributed by atoms with Crippen LogP contribution in [0.3, 0.4) is 0 Å². The average Bonchev–Trinajstić information content (AvgIpc) is 3.01. The number of nitrogens with one attached hydrogen (secondary N) is 1. The van der Waals surface area contributed by atoms with Crippen molar-refractivity contribution in [1.82, 2.24) is 14.8 Å². The number of hydrogen-bond donors (Lipinski definition) is 1. The van der Waals surface area contributed by atoms with Crippen molar-refractivity contribution >= 4 is 29.2 Å². The lowest BCUT2D eigenvalue weighted by atomic mass is 10.0. The van der Waals surface area contributed by atoms with Gasteiger partial charge < -0.3 is 14.8 Å². The lowest BCUT2D eigenvalue weighted by Crippen LogP contribution is -2.47. The summed E-state index contributed by atoms with van der Waals surface area (Å²) in [6, 6.07) is 11.5. The highest BCUT2D eigenvalue weighted by Gasteiger charge is 2.31. The number of halogens is 2. The Morgan fingerprint density at radius 1 is 1.23 bits per heavy atom. The summed E-state index contributed by atoms with van der Waals surface area (Å²) >= 11 is 11.7. The molecule has 1 aromatic heterocycles. The second-order valence-corrected chi connectivity index (χ2v) is 6.01. The summed E-state index contributed by atoms with van der Waals surface area (Å²) in [6.07, 6.45) is 2.05. The van der Waals surface area contributed by atoms with Gasteiger partial charge in [0.2, 0.25) is 0 Å². The van der Waals surface area contributed by atoms with Crippen LogP contribution >= 0.6 is 23.2 Å². The van der Waals surface area contributed by atoms with Gasteiger partial charge in [-0.05, 0) is 29.8 Å². The van der Waals surface area contributed by atoms with Gasteiger partial charge in [-0.25, -0.2) is 4.79 Å². The number of alkyl halides is 1. The van der Waals surface area contributed by atoms with E-state index in [-0.39, 0.29) is 12.1 Å². The predicted molar refractivity (Wildman–Crippen MR) is 88.6 cm³/mol. The van der Waals surface area contributed by atoms with E-state index in [9.17, 15) is 4.79 Å². The minimum atomic E-state index is -0.114. The van der Waals surface area contributed by atoms with E-state index < -0.39 is 0 Å². The summed E-state index contributed by atoms with van der Waals surface area (Å²) in [5, 5.41) is 3.54. The maximum atomic E-state index is 12.5. The fraction of sp³-hybridized carbons (Fsp3) is 0.312. The molecule has 0 saturated carbocycles. The van der Waals surface area contributed by atoms with Crippen LogP contribution in [-0.4, -0.2) is 34.5 Å². The fourth-order valence-corrected chi connectivity index (χ4v) is 3.07. The van der Waals surface area contributed by atoms with Gasteiger partial charge in [0.25, 0.3) is 0 Å². The Labute approximate surface area is 139 Å². The molecule has 3 rings (SSSR count). The van der Waals surface area contributed by atoms with E-state index in [1.165, 1.54) is 0 Å². The van der Waals surface area contributed by atoms with Crippen molar-refractivity contribution in [3.8, 4) is 0 Å². The van der Waals surface area contributed by atoms with E-state index in [0.29, 0.717) is 24.0 Å². The van der Waals surface area contributed by atoms with Crippen LogP contribution in [0.1, 0.15) is 17.3 Å².